The van der Waals surface area contributed by atoms with E-state index in [2.05, 4.69) is 20.6 Å². The van der Waals surface area contributed by atoms with Crippen molar-refractivity contribution in [1.29, 1.82) is 0 Å². The fraction of sp³-hybridized carbons (Fsp3) is 0.263. The van der Waals surface area contributed by atoms with Gasteiger partial charge in [-0.2, -0.15) is 0 Å². The third kappa shape index (κ3) is 4.55. The number of nitrogens with zero attached hydrogens (tertiary/aromatic N) is 2. The normalized spacial score (nSPS) is 11.3. The molecule has 0 saturated carbocycles. The van der Waals surface area contributed by atoms with Crippen LogP contribution in [0.5, 0.6) is 0 Å². The zero-order valence-electron chi connectivity index (χ0n) is 15.9. The Hall–Kier alpha value is -2.78. The van der Waals surface area contributed by atoms with Gasteiger partial charge in [0.15, 0.2) is 10.3 Å². The minimum absolute atomic E-state index is 0.0910. The maximum atomic E-state index is 12.2. The zero-order chi connectivity index (χ0) is 20.5. The molecule has 0 aliphatic rings. The molecule has 0 aliphatic heterocycles. The summed E-state index contributed by atoms with van der Waals surface area (Å²) in [7, 11) is 0. The van der Waals surface area contributed by atoms with Crippen molar-refractivity contribution in [3.8, 4) is 10.6 Å². The van der Waals surface area contributed by atoms with Crippen LogP contribution in [0.1, 0.15) is 36.8 Å². The van der Waals surface area contributed by atoms with Gasteiger partial charge < -0.3 is 15.7 Å². The van der Waals surface area contributed by atoms with Crippen LogP contribution in [-0.4, -0.2) is 27.0 Å². The van der Waals surface area contributed by atoms with Gasteiger partial charge >= 0.3 is 5.97 Å². The highest BCUT2D eigenvalue weighted by Gasteiger charge is 2.23. The summed E-state index contributed by atoms with van der Waals surface area (Å²) in [5.74, 6) is -1.07. The molecule has 0 unspecified atom stereocenters. The molecule has 2 heterocycles. The van der Waals surface area contributed by atoms with Gasteiger partial charge in [0.05, 0.1) is 21.8 Å². The predicted octanol–water partition coefficient (Wildman–Crippen LogP) is 5.00. The third-order valence-corrected chi connectivity index (χ3v) is 5.65. The molecule has 3 aromatic rings. The number of rotatable bonds is 5. The van der Waals surface area contributed by atoms with Gasteiger partial charge in [0, 0.05) is 16.5 Å². The van der Waals surface area contributed by atoms with Crippen molar-refractivity contribution in [2.24, 2.45) is 5.41 Å². The van der Waals surface area contributed by atoms with E-state index in [1.165, 1.54) is 28.7 Å². The van der Waals surface area contributed by atoms with Gasteiger partial charge in [0.1, 0.15) is 0 Å². The molecule has 0 atom stereocenters. The Bertz CT molecular complexity index is 1030. The largest absolute Gasteiger partial charge is 0.478 e. The Morgan fingerprint density at radius 2 is 1.89 bits per heavy atom. The number of carboxylic acids is 1. The van der Waals surface area contributed by atoms with Crippen molar-refractivity contribution in [3.05, 3.63) is 40.9 Å². The maximum absolute atomic E-state index is 12.2. The molecule has 0 aliphatic carbocycles. The molecule has 3 N–H and O–H groups in total. The Kier molecular flexibility index (Phi) is 5.48. The van der Waals surface area contributed by atoms with Crippen LogP contribution in [0.15, 0.2) is 29.6 Å². The predicted molar refractivity (Wildman–Crippen MR) is 113 cm³/mol. The monoisotopic (exact) mass is 416 g/mol. The number of carboxylic acid groups (broad SMARTS) is 1. The number of anilines is 3. The van der Waals surface area contributed by atoms with Gasteiger partial charge in [-0.3, -0.25) is 4.79 Å². The van der Waals surface area contributed by atoms with Crippen LogP contribution in [0, 0.1) is 12.3 Å². The molecule has 0 radical (unpaired) electrons. The van der Waals surface area contributed by atoms with Crippen LogP contribution in [-0.2, 0) is 4.79 Å². The Morgan fingerprint density at radius 1 is 1.14 bits per heavy atom. The molecule has 0 saturated heterocycles. The lowest BCUT2D eigenvalue weighted by Gasteiger charge is -2.15. The van der Waals surface area contributed by atoms with Gasteiger partial charge in [0.2, 0.25) is 5.91 Å². The molecule has 1 aromatic carbocycles. The molecule has 28 heavy (non-hydrogen) atoms. The summed E-state index contributed by atoms with van der Waals surface area (Å²) >= 11 is 2.79. The van der Waals surface area contributed by atoms with E-state index >= 15 is 0 Å². The van der Waals surface area contributed by atoms with E-state index in [1.54, 1.807) is 18.2 Å². The number of aromatic nitrogens is 2. The quantitative estimate of drug-likeness (QED) is 0.541. The van der Waals surface area contributed by atoms with E-state index in [0.717, 1.165) is 16.3 Å². The second kappa shape index (κ2) is 7.69. The fourth-order valence-electron chi connectivity index (χ4n) is 2.26. The highest BCUT2D eigenvalue weighted by molar-refractivity contribution is 7.20. The molecule has 1 amide bonds. The number of nitrogens with one attached hydrogen (secondary N) is 2. The first-order chi connectivity index (χ1) is 13.1. The second-order valence-electron chi connectivity index (χ2n) is 7.19. The van der Waals surface area contributed by atoms with Crippen LogP contribution in [0.3, 0.4) is 0 Å². The molecule has 146 valence electrons. The van der Waals surface area contributed by atoms with E-state index in [1.807, 2.05) is 33.1 Å². The van der Waals surface area contributed by atoms with Crippen molar-refractivity contribution in [3.63, 3.8) is 0 Å². The summed E-state index contributed by atoms with van der Waals surface area (Å²) in [4.78, 5) is 33.1. The number of carbonyl (C=O) groups is 2. The zero-order valence-corrected chi connectivity index (χ0v) is 17.5. The van der Waals surface area contributed by atoms with Gasteiger partial charge in [-0.25, -0.2) is 14.8 Å². The van der Waals surface area contributed by atoms with E-state index in [9.17, 15) is 9.59 Å². The molecule has 3 rings (SSSR count). The molecular weight excluding hydrogens is 396 g/mol. The van der Waals surface area contributed by atoms with E-state index in [0.29, 0.717) is 16.0 Å². The smallest absolute Gasteiger partial charge is 0.335 e. The summed E-state index contributed by atoms with van der Waals surface area (Å²) in [5.41, 5.74) is 1.91. The number of thiazole rings is 2. The number of aromatic carboxylic acids is 1. The Balaban J connectivity index is 1.78. The summed E-state index contributed by atoms with van der Waals surface area (Å²) in [5, 5.41) is 18.2. The van der Waals surface area contributed by atoms with Gasteiger partial charge in [0.25, 0.3) is 0 Å². The number of carbonyl (C=O) groups excluding carboxylic acids is 1. The average molecular weight is 417 g/mol. The highest BCUT2D eigenvalue weighted by atomic mass is 32.1. The summed E-state index contributed by atoms with van der Waals surface area (Å²) in [6.07, 6.45) is 0. The minimum Gasteiger partial charge on any atom is -0.478 e. The lowest BCUT2D eigenvalue weighted by atomic mass is 9.96. The summed E-state index contributed by atoms with van der Waals surface area (Å²) < 4.78 is 0. The van der Waals surface area contributed by atoms with Crippen LogP contribution in [0.4, 0.5) is 16.0 Å². The van der Waals surface area contributed by atoms with Crippen molar-refractivity contribution < 1.29 is 14.7 Å². The van der Waals surface area contributed by atoms with Crippen LogP contribution in [0.2, 0.25) is 0 Å². The minimum atomic E-state index is -0.978. The van der Waals surface area contributed by atoms with Crippen molar-refractivity contribution in [2.75, 3.05) is 10.6 Å². The first-order valence-electron chi connectivity index (χ1n) is 8.48. The van der Waals surface area contributed by atoms with Gasteiger partial charge in [-0.05, 0) is 25.1 Å². The molecule has 0 spiro atoms. The third-order valence-electron chi connectivity index (χ3n) is 3.80. The van der Waals surface area contributed by atoms with Crippen molar-refractivity contribution in [1.82, 2.24) is 9.97 Å². The molecule has 7 nitrogen and oxygen atoms in total. The topological polar surface area (TPSA) is 104 Å². The lowest BCUT2D eigenvalue weighted by Crippen LogP contribution is -2.27. The van der Waals surface area contributed by atoms with Crippen molar-refractivity contribution in [2.45, 2.75) is 27.7 Å². The average Bonchev–Trinajstić information content (AvgIpc) is 3.20. The SMILES string of the molecule is Cc1nc(NC(=O)C(C)(C)C)sc1-c1csc(Nc2cccc(C(=O)O)c2)n1. The van der Waals surface area contributed by atoms with Crippen LogP contribution < -0.4 is 10.6 Å². The number of benzene rings is 1. The summed E-state index contributed by atoms with van der Waals surface area (Å²) in [6, 6.07) is 6.56. The van der Waals surface area contributed by atoms with Gasteiger partial charge in [-0.15, -0.1) is 11.3 Å². The standard InChI is InChI=1S/C19H20N4O3S2/c1-10-14(28-18(20-10)23-16(26)19(2,3)4)13-9-27-17(22-13)21-12-7-5-6-11(8-12)15(24)25/h5-9H,1-4H3,(H,21,22)(H,24,25)(H,20,23,26). The molecule has 2 aromatic heterocycles. The van der Waals surface area contributed by atoms with Gasteiger partial charge in [-0.1, -0.05) is 38.2 Å². The van der Waals surface area contributed by atoms with Crippen LogP contribution >= 0.6 is 22.7 Å². The molecule has 9 heteroatoms. The summed E-state index contributed by atoms with van der Waals surface area (Å²) in [6.45, 7) is 7.42. The second-order valence-corrected chi connectivity index (χ2v) is 9.04. The van der Waals surface area contributed by atoms with E-state index in [4.69, 9.17) is 5.11 Å². The fourth-order valence-corrected chi connectivity index (χ4v) is 3.98. The Morgan fingerprint density at radius 3 is 2.57 bits per heavy atom. The molecule has 0 fully saturated rings. The van der Waals surface area contributed by atoms with E-state index in [-0.39, 0.29) is 11.5 Å². The first-order valence-corrected chi connectivity index (χ1v) is 10.2. The highest BCUT2D eigenvalue weighted by Crippen LogP contribution is 2.35. The maximum Gasteiger partial charge on any atom is 0.335 e. The first kappa shape index (κ1) is 20.0. The van der Waals surface area contributed by atoms with E-state index < -0.39 is 11.4 Å². The van der Waals surface area contributed by atoms with Crippen LogP contribution in [0.25, 0.3) is 10.6 Å². The van der Waals surface area contributed by atoms with Crippen molar-refractivity contribution >= 4 is 50.5 Å². The Labute approximate surface area is 170 Å². The number of amides is 1. The number of hydrogen-bond acceptors (Lipinski definition) is 7. The number of hydrogen-bond donors (Lipinski definition) is 3. The number of aryl methyl sites for hydroxylation is 1. The molecular formula is C19H20N4O3S2. The molecule has 0 bridgehead atoms. The lowest BCUT2D eigenvalue weighted by molar-refractivity contribution is -0.123.